The first-order valence-corrected chi connectivity index (χ1v) is 8.06. The lowest BCUT2D eigenvalue weighted by Crippen LogP contribution is -2.01. The highest BCUT2D eigenvalue weighted by Gasteiger charge is 2.20. The highest BCUT2D eigenvalue weighted by molar-refractivity contribution is 9.09. The fourth-order valence-electron chi connectivity index (χ4n) is 2.44. The minimum Gasteiger partial charge on any atom is -0.496 e. The molecule has 0 saturated carbocycles. The number of hydrogen-bond donors (Lipinski definition) is 0. The summed E-state index contributed by atoms with van der Waals surface area (Å²) < 4.78 is 11.0. The predicted octanol–water partition coefficient (Wildman–Crippen LogP) is 5.14. The van der Waals surface area contributed by atoms with E-state index in [0.29, 0.717) is 0 Å². The third-order valence-electron chi connectivity index (χ3n) is 3.53. The van der Waals surface area contributed by atoms with Crippen LogP contribution in [-0.2, 0) is 6.42 Å². The third kappa shape index (κ3) is 3.59. The van der Waals surface area contributed by atoms with E-state index in [1.165, 1.54) is 11.1 Å². The quantitative estimate of drug-likeness (QED) is 0.672. The van der Waals surface area contributed by atoms with E-state index in [1.807, 2.05) is 18.2 Å². The second-order valence-electron chi connectivity index (χ2n) is 4.93. The van der Waals surface area contributed by atoms with Gasteiger partial charge in [-0.1, -0.05) is 59.6 Å². The Hall–Kier alpha value is -1.48. The van der Waals surface area contributed by atoms with Gasteiger partial charge in [0.2, 0.25) is 0 Å². The molecule has 0 aliphatic rings. The summed E-state index contributed by atoms with van der Waals surface area (Å²) in [4.78, 5) is 0.0410. The zero-order chi connectivity index (χ0) is 15.2. The van der Waals surface area contributed by atoms with Crippen molar-refractivity contribution < 1.29 is 9.47 Å². The molecule has 2 nitrogen and oxygen atoms in total. The van der Waals surface area contributed by atoms with Crippen LogP contribution in [0.4, 0.5) is 0 Å². The summed E-state index contributed by atoms with van der Waals surface area (Å²) in [5.74, 6) is 1.66. The Morgan fingerprint density at radius 1 is 0.952 bits per heavy atom. The maximum atomic E-state index is 5.48. The maximum Gasteiger partial charge on any atom is 0.127 e. The zero-order valence-electron chi connectivity index (χ0n) is 12.7. The van der Waals surface area contributed by atoms with Crippen molar-refractivity contribution in [3.63, 3.8) is 0 Å². The Balaban J connectivity index is 2.37. The SMILES string of the molecule is CCCc1ccc(C(Br)c2c(OC)cccc2OC)cc1. The minimum atomic E-state index is 0.0410. The Kier molecular flexibility index (Phi) is 5.68. The van der Waals surface area contributed by atoms with Crippen LogP contribution in [0.2, 0.25) is 0 Å². The highest BCUT2D eigenvalue weighted by Crippen LogP contribution is 2.42. The predicted molar refractivity (Wildman–Crippen MR) is 90.8 cm³/mol. The van der Waals surface area contributed by atoms with Crippen molar-refractivity contribution in [1.29, 1.82) is 0 Å². The van der Waals surface area contributed by atoms with E-state index < -0.39 is 0 Å². The number of benzene rings is 2. The van der Waals surface area contributed by atoms with Gasteiger partial charge in [-0.15, -0.1) is 0 Å². The van der Waals surface area contributed by atoms with Gasteiger partial charge < -0.3 is 9.47 Å². The lowest BCUT2D eigenvalue weighted by Gasteiger charge is -2.18. The van der Waals surface area contributed by atoms with Gasteiger partial charge in [-0.05, 0) is 29.7 Å². The molecule has 0 amide bonds. The molecule has 0 aliphatic carbocycles. The van der Waals surface area contributed by atoms with Crippen molar-refractivity contribution in [2.75, 3.05) is 14.2 Å². The average molecular weight is 349 g/mol. The van der Waals surface area contributed by atoms with Gasteiger partial charge in [0.1, 0.15) is 11.5 Å². The summed E-state index contributed by atoms with van der Waals surface area (Å²) >= 11 is 3.78. The molecule has 112 valence electrons. The van der Waals surface area contributed by atoms with Crippen molar-refractivity contribution in [1.82, 2.24) is 0 Å². The Morgan fingerprint density at radius 3 is 2.00 bits per heavy atom. The third-order valence-corrected chi connectivity index (χ3v) is 4.52. The number of halogens is 1. The molecule has 0 N–H and O–H groups in total. The van der Waals surface area contributed by atoms with Crippen molar-refractivity contribution in [2.24, 2.45) is 0 Å². The molecule has 2 aromatic rings. The summed E-state index contributed by atoms with van der Waals surface area (Å²) in [7, 11) is 3.37. The van der Waals surface area contributed by atoms with Gasteiger partial charge in [-0.2, -0.15) is 0 Å². The van der Waals surface area contributed by atoms with Gasteiger partial charge in [0.05, 0.1) is 24.6 Å². The standard InChI is InChI=1S/C18H21BrO2/c1-4-6-13-9-11-14(12-10-13)18(19)17-15(20-2)7-5-8-16(17)21-3/h5,7-12,18H,4,6H2,1-3H3. The molecule has 0 aromatic heterocycles. The molecular weight excluding hydrogens is 328 g/mol. The van der Waals surface area contributed by atoms with Gasteiger partial charge in [0, 0.05) is 0 Å². The van der Waals surface area contributed by atoms with E-state index in [-0.39, 0.29) is 4.83 Å². The zero-order valence-corrected chi connectivity index (χ0v) is 14.3. The van der Waals surface area contributed by atoms with Crippen LogP contribution in [0.15, 0.2) is 42.5 Å². The molecule has 2 rings (SSSR count). The number of rotatable bonds is 6. The Labute approximate surface area is 135 Å². The van der Waals surface area contributed by atoms with Crippen LogP contribution in [0.5, 0.6) is 11.5 Å². The number of aryl methyl sites for hydroxylation is 1. The second-order valence-corrected chi connectivity index (χ2v) is 5.85. The van der Waals surface area contributed by atoms with E-state index >= 15 is 0 Å². The fraction of sp³-hybridized carbons (Fsp3) is 0.333. The number of alkyl halides is 1. The van der Waals surface area contributed by atoms with Crippen molar-refractivity contribution in [2.45, 2.75) is 24.6 Å². The molecule has 3 heteroatoms. The average Bonchev–Trinajstić information content (AvgIpc) is 2.54. The maximum absolute atomic E-state index is 5.48. The molecular formula is C18H21BrO2. The highest BCUT2D eigenvalue weighted by atomic mass is 79.9. The van der Waals surface area contributed by atoms with Gasteiger partial charge in [0.25, 0.3) is 0 Å². The van der Waals surface area contributed by atoms with E-state index in [2.05, 4.69) is 47.1 Å². The summed E-state index contributed by atoms with van der Waals surface area (Å²) in [6, 6.07) is 14.6. The normalized spacial score (nSPS) is 12.0. The number of ether oxygens (including phenoxy) is 2. The van der Waals surface area contributed by atoms with Crippen LogP contribution >= 0.6 is 15.9 Å². The van der Waals surface area contributed by atoms with Crippen molar-refractivity contribution in [3.8, 4) is 11.5 Å². The molecule has 21 heavy (non-hydrogen) atoms. The Morgan fingerprint density at radius 2 is 1.52 bits per heavy atom. The molecule has 0 radical (unpaired) electrons. The van der Waals surface area contributed by atoms with Crippen LogP contribution in [0, 0.1) is 0 Å². The van der Waals surface area contributed by atoms with Crippen LogP contribution < -0.4 is 9.47 Å². The number of hydrogen-bond acceptors (Lipinski definition) is 2. The lowest BCUT2D eigenvalue weighted by molar-refractivity contribution is 0.386. The molecule has 0 aliphatic heterocycles. The van der Waals surface area contributed by atoms with Crippen LogP contribution in [-0.4, -0.2) is 14.2 Å². The molecule has 1 unspecified atom stereocenters. The minimum absolute atomic E-state index is 0.0410. The van der Waals surface area contributed by atoms with E-state index in [0.717, 1.165) is 29.9 Å². The molecule has 0 saturated heterocycles. The largest absolute Gasteiger partial charge is 0.496 e. The van der Waals surface area contributed by atoms with Gasteiger partial charge in [0.15, 0.2) is 0 Å². The van der Waals surface area contributed by atoms with Crippen molar-refractivity contribution in [3.05, 3.63) is 59.2 Å². The van der Waals surface area contributed by atoms with Gasteiger partial charge in [-0.25, -0.2) is 0 Å². The molecule has 0 bridgehead atoms. The van der Waals surface area contributed by atoms with Crippen LogP contribution in [0.1, 0.15) is 34.9 Å². The number of methoxy groups -OCH3 is 2. The van der Waals surface area contributed by atoms with E-state index in [9.17, 15) is 0 Å². The molecule has 2 aromatic carbocycles. The second kappa shape index (κ2) is 7.51. The Bertz CT molecular complexity index is 556. The first-order chi connectivity index (χ1) is 10.2. The van der Waals surface area contributed by atoms with Gasteiger partial charge in [-0.3, -0.25) is 0 Å². The summed E-state index contributed by atoms with van der Waals surface area (Å²) in [6.45, 7) is 2.20. The van der Waals surface area contributed by atoms with Crippen LogP contribution in [0.25, 0.3) is 0 Å². The summed E-state index contributed by atoms with van der Waals surface area (Å²) in [5.41, 5.74) is 3.58. The topological polar surface area (TPSA) is 18.5 Å². The lowest BCUT2D eigenvalue weighted by atomic mass is 10.0. The van der Waals surface area contributed by atoms with E-state index in [1.54, 1.807) is 14.2 Å². The van der Waals surface area contributed by atoms with E-state index in [4.69, 9.17) is 9.47 Å². The molecule has 0 spiro atoms. The summed E-state index contributed by atoms with van der Waals surface area (Å²) in [6.07, 6.45) is 2.28. The first kappa shape index (κ1) is 15.9. The monoisotopic (exact) mass is 348 g/mol. The summed E-state index contributed by atoms with van der Waals surface area (Å²) in [5, 5.41) is 0. The van der Waals surface area contributed by atoms with Crippen molar-refractivity contribution >= 4 is 15.9 Å². The molecule has 0 fully saturated rings. The molecule has 1 atom stereocenters. The van der Waals surface area contributed by atoms with Crippen LogP contribution in [0.3, 0.4) is 0 Å². The fourth-order valence-corrected chi connectivity index (χ4v) is 3.19. The first-order valence-electron chi connectivity index (χ1n) is 7.15. The smallest absolute Gasteiger partial charge is 0.127 e. The van der Waals surface area contributed by atoms with Gasteiger partial charge >= 0.3 is 0 Å². The molecule has 0 heterocycles.